The van der Waals surface area contributed by atoms with Crippen LogP contribution >= 0.6 is 0 Å². The lowest BCUT2D eigenvalue weighted by Crippen LogP contribution is -2.42. The second-order valence-electron chi connectivity index (χ2n) is 7.48. The molecule has 0 radical (unpaired) electrons. The Bertz CT molecular complexity index is 926. The van der Waals surface area contributed by atoms with Gasteiger partial charge < -0.3 is 14.5 Å². The first-order valence-corrected chi connectivity index (χ1v) is 9.36. The van der Waals surface area contributed by atoms with Crippen LogP contribution in [0.4, 0.5) is 0 Å². The van der Waals surface area contributed by atoms with Gasteiger partial charge in [-0.15, -0.1) is 0 Å². The van der Waals surface area contributed by atoms with Crippen LogP contribution in [0.2, 0.25) is 0 Å². The van der Waals surface area contributed by atoms with Crippen molar-refractivity contribution in [1.82, 2.24) is 19.4 Å². The van der Waals surface area contributed by atoms with Crippen molar-refractivity contribution in [3.8, 4) is 0 Å². The number of H-pyrrole nitrogens is 1. The topological polar surface area (TPSA) is 88.1 Å². The Hall–Kier alpha value is -2.70. The number of nitrogens with one attached hydrogen (secondary N) is 1. The normalized spacial score (nSPS) is 17.4. The molecule has 1 atom stereocenters. The molecule has 1 saturated heterocycles. The number of aromatic nitrogens is 3. The molecule has 0 bridgehead atoms. The molecule has 27 heavy (non-hydrogen) atoms. The molecule has 7 heteroatoms. The highest BCUT2D eigenvalue weighted by molar-refractivity contribution is 5.99. The van der Waals surface area contributed by atoms with Crippen molar-refractivity contribution in [2.45, 2.75) is 52.5 Å². The molecule has 7 nitrogen and oxygen atoms in total. The maximum Gasteiger partial charge on any atom is 0.261 e. The van der Waals surface area contributed by atoms with Crippen LogP contribution in [0.5, 0.6) is 0 Å². The number of pyridine rings is 1. The van der Waals surface area contributed by atoms with Crippen LogP contribution in [0.1, 0.15) is 77.8 Å². The van der Waals surface area contributed by atoms with Crippen molar-refractivity contribution in [3.05, 3.63) is 51.5 Å². The Morgan fingerprint density at radius 2 is 2.04 bits per heavy atom. The Balaban J connectivity index is 1.87. The molecule has 0 aliphatic carbocycles. The van der Waals surface area contributed by atoms with Gasteiger partial charge in [0, 0.05) is 48.7 Å². The third-order valence-electron chi connectivity index (χ3n) is 5.18. The molecule has 0 spiro atoms. The molecule has 1 N–H and O–H groups in total. The Morgan fingerprint density at radius 1 is 1.30 bits per heavy atom. The van der Waals surface area contributed by atoms with Crippen molar-refractivity contribution in [2.24, 2.45) is 0 Å². The highest BCUT2D eigenvalue weighted by Gasteiger charge is 2.29. The summed E-state index contributed by atoms with van der Waals surface area (Å²) in [4.78, 5) is 46.0. The molecule has 1 aliphatic rings. The zero-order valence-corrected chi connectivity index (χ0v) is 16.3. The summed E-state index contributed by atoms with van der Waals surface area (Å²) in [6.07, 6.45) is 5.56. The average molecular weight is 370 g/mol. The molecule has 0 aromatic carbocycles. The smallest absolute Gasteiger partial charge is 0.261 e. The molecule has 3 heterocycles. The van der Waals surface area contributed by atoms with E-state index in [2.05, 4.69) is 28.4 Å². The van der Waals surface area contributed by atoms with Gasteiger partial charge in [0.15, 0.2) is 5.78 Å². The number of ketones is 1. The summed E-state index contributed by atoms with van der Waals surface area (Å²) in [5.41, 5.74) is 0.438. The molecule has 1 unspecified atom stereocenters. The van der Waals surface area contributed by atoms with Crippen molar-refractivity contribution >= 4 is 11.7 Å². The second-order valence-corrected chi connectivity index (χ2v) is 7.48. The van der Waals surface area contributed by atoms with Gasteiger partial charge in [-0.25, -0.2) is 4.98 Å². The number of piperidine rings is 1. The van der Waals surface area contributed by atoms with Gasteiger partial charge in [0.25, 0.3) is 11.5 Å². The quantitative estimate of drug-likeness (QED) is 0.838. The van der Waals surface area contributed by atoms with Crippen molar-refractivity contribution in [3.63, 3.8) is 0 Å². The maximum atomic E-state index is 13.0. The van der Waals surface area contributed by atoms with E-state index in [0.717, 1.165) is 18.7 Å². The minimum Gasteiger partial charge on any atom is -0.338 e. The fourth-order valence-corrected chi connectivity index (χ4v) is 3.77. The summed E-state index contributed by atoms with van der Waals surface area (Å²) in [6.45, 7) is 8.41. The monoisotopic (exact) mass is 370 g/mol. The predicted octanol–water partition coefficient (Wildman–Crippen LogP) is 2.68. The summed E-state index contributed by atoms with van der Waals surface area (Å²) >= 11 is 0. The third kappa shape index (κ3) is 3.72. The number of hydrogen-bond donors (Lipinski definition) is 1. The van der Waals surface area contributed by atoms with E-state index in [0.29, 0.717) is 30.4 Å². The number of nitrogens with zero attached hydrogens (tertiary/aromatic N) is 3. The SMILES string of the molecule is CC(=O)c1cc(C(=O)N2CCCC(c3nccn3C(C)C)C2)c(=O)[nH]c1C. The van der Waals surface area contributed by atoms with Gasteiger partial charge in [0.1, 0.15) is 11.4 Å². The largest absolute Gasteiger partial charge is 0.338 e. The van der Waals surface area contributed by atoms with Crippen LogP contribution in [-0.4, -0.2) is 44.2 Å². The van der Waals surface area contributed by atoms with E-state index in [1.807, 2.05) is 6.20 Å². The zero-order valence-electron chi connectivity index (χ0n) is 16.3. The van der Waals surface area contributed by atoms with E-state index in [9.17, 15) is 14.4 Å². The van der Waals surface area contributed by atoms with E-state index >= 15 is 0 Å². The molecule has 1 aliphatic heterocycles. The van der Waals surface area contributed by atoms with Crippen molar-refractivity contribution in [1.29, 1.82) is 0 Å². The van der Waals surface area contributed by atoms with Gasteiger partial charge in [0.2, 0.25) is 0 Å². The molecule has 144 valence electrons. The summed E-state index contributed by atoms with van der Waals surface area (Å²) < 4.78 is 2.13. The number of rotatable bonds is 4. The molecule has 1 fully saturated rings. The summed E-state index contributed by atoms with van der Waals surface area (Å²) in [7, 11) is 0. The van der Waals surface area contributed by atoms with Crippen LogP contribution < -0.4 is 5.56 Å². The number of aryl methyl sites for hydroxylation is 1. The second kappa shape index (κ2) is 7.50. The summed E-state index contributed by atoms with van der Waals surface area (Å²) in [5.74, 6) is 0.612. The first-order valence-electron chi connectivity index (χ1n) is 9.36. The van der Waals surface area contributed by atoms with E-state index in [4.69, 9.17) is 0 Å². The lowest BCUT2D eigenvalue weighted by Gasteiger charge is -2.33. The molecule has 0 saturated carbocycles. The highest BCUT2D eigenvalue weighted by atomic mass is 16.2. The first kappa shape index (κ1) is 19.1. The van der Waals surface area contributed by atoms with Gasteiger partial charge in [-0.1, -0.05) is 0 Å². The number of likely N-dealkylation sites (tertiary alicyclic amines) is 1. The number of carbonyl (C=O) groups is 2. The van der Waals surface area contributed by atoms with Crippen LogP contribution in [0.3, 0.4) is 0 Å². The fraction of sp³-hybridized carbons (Fsp3) is 0.500. The minimum atomic E-state index is -0.451. The molecular formula is C20H26N4O3. The van der Waals surface area contributed by atoms with E-state index in [1.54, 1.807) is 18.0 Å². The van der Waals surface area contributed by atoms with Crippen LogP contribution in [0.25, 0.3) is 0 Å². The number of aromatic amines is 1. The number of Topliss-reactive ketones (excluding diaryl/α,β-unsaturated/α-hetero) is 1. The van der Waals surface area contributed by atoms with Crippen molar-refractivity contribution in [2.75, 3.05) is 13.1 Å². The Kier molecular flexibility index (Phi) is 5.30. The summed E-state index contributed by atoms with van der Waals surface area (Å²) in [6, 6.07) is 1.73. The summed E-state index contributed by atoms with van der Waals surface area (Å²) in [5, 5.41) is 0. The fourth-order valence-electron chi connectivity index (χ4n) is 3.77. The zero-order chi connectivity index (χ0) is 19.7. The van der Waals surface area contributed by atoms with E-state index < -0.39 is 5.56 Å². The molecule has 1 amide bonds. The number of carbonyl (C=O) groups excluding carboxylic acids is 2. The predicted molar refractivity (Wildman–Crippen MR) is 102 cm³/mol. The first-order chi connectivity index (χ1) is 12.8. The minimum absolute atomic E-state index is 0.0265. The average Bonchev–Trinajstić information content (AvgIpc) is 3.11. The third-order valence-corrected chi connectivity index (χ3v) is 5.18. The van der Waals surface area contributed by atoms with Gasteiger partial charge in [-0.05, 0) is 46.6 Å². The van der Waals surface area contributed by atoms with Gasteiger partial charge >= 0.3 is 0 Å². The Morgan fingerprint density at radius 3 is 2.70 bits per heavy atom. The number of hydrogen-bond acceptors (Lipinski definition) is 4. The lowest BCUT2D eigenvalue weighted by molar-refractivity contribution is 0.0701. The number of imidazole rings is 1. The maximum absolute atomic E-state index is 13.0. The van der Waals surface area contributed by atoms with Gasteiger partial charge in [-0.2, -0.15) is 0 Å². The molecule has 3 rings (SSSR count). The Labute approximate surface area is 158 Å². The molecule has 2 aromatic rings. The molecular weight excluding hydrogens is 344 g/mol. The van der Waals surface area contributed by atoms with Crippen LogP contribution in [0.15, 0.2) is 23.3 Å². The van der Waals surface area contributed by atoms with Crippen LogP contribution in [0, 0.1) is 6.92 Å². The highest BCUT2D eigenvalue weighted by Crippen LogP contribution is 2.28. The van der Waals surface area contributed by atoms with Crippen LogP contribution in [-0.2, 0) is 0 Å². The molecule has 2 aromatic heterocycles. The van der Waals surface area contributed by atoms with Gasteiger partial charge in [0.05, 0.1) is 0 Å². The lowest BCUT2D eigenvalue weighted by atomic mass is 9.96. The number of amides is 1. The van der Waals surface area contributed by atoms with Gasteiger partial charge in [-0.3, -0.25) is 14.4 Å². The standard InChI is InChI=1S/C20H26N4O3/c1-12(2)24-9-7-21-18(24)15-6-5-8-23(11-15)20(27)17-10-16(14(4)25)13(3)22-19(17)26/h7,9-10,12,15H,5-6,8,11H2,1-4H3,(H,22,26). The van der Waals surface area contributed by atoms with E-state index in [1.165, 1.54) is 13.0 Å². The van der Waals surface area contributed by atoms with Crippen molar-refractivity contribution < 1.29 is 9.59 Å². The van der Waals surface area contributed by atoms with E-state index in [-0.39, 0.29) is 23.2 Å².